The molecule has 1 atom stereocenters. The molecule has 4 rings (SSSR count). The minimum Gasteiger partial charge on any atom is -0.459 e. The van der Waals surface area contributed by atoms with Gasteiger partial charge in [0, 0.05) is 42.2 Å². The summed E-state index contributed by atoms with van der Waals surface area (Å²) >= 11 is 1.50. The molecular formula is C22H24FN3O2S. The summed E-state index contributed by atoms with van der Waals surface area (Å²) in [7, 11) is 2.10. The number of likely N-dealkylation sites (N-methyl/N-ethyl adjacent to an activating group) is 1. The molecule has 29 heavy (non-hydrogen) atoms. The average Bonchev–Trinajstić information content (AvgIpc) is 3.35. The smallest absolute Gasteiger partial charge is 0.291 e. The quantitative estimate of drug-likeness (QED) is 0.675. The molecule has 5 nitrogen and oxygen atoms in total. The third-order valence-electron chi connectivity index (χ3n) is 5.25. The van der Waals surface area contributed by atoms with Gasteiger partial charge in [-0.25, -0.2) is 4.39 Å². The second kappa shape index (κ2) is 8.49. The Morgan fingerprint density at radius 2 is 1.90 bits per heavy atom. The first-order valence-electron chi connectivity index (χ1n) is 9.65. The predicted molar refractivity (Wildman–Crippen MR) is 113 cm³/mol. The topological polar surface area (TPSA) is 48.7 Å². The van der Waals surface area contributed by atoms with Crippen molar-refractivity contribution < 1.29 is 13.6 Å². The van der Waals surface area contributed by atoms with Gasteiger partial charge in [-0.05, 0) is 38.2 Å². The summed E-state index contributed by atoms with van der Waals surface area (Å²) < 4.78 is 20.1. The maximum absolute atomic E-state index is 14.8. The Morgan fingerprint density at radius 1 is 1.14 bits per heavy atom. The van der Waals surface area contributed by atoms with Crippen LogP contribution >= 0.6 is 11.3 Å². The van der Waals surface area contributed by atoms with Crippen LogP contribution in [0.25, 0.3) is 0 Å². The molecule has 1 saturated heterocycles. The molecule has 1 N–H and O–H groups in total. The average molecular weight is 414 g/mol. The number of piperazine rings is 1. The van der Waals surface area contributed by atoms with Gasteiger partial charge in [0.05, 0.1) is 12.3 Å². The van der Waals surface area contributed by atoms with Crippen LogP contribution in [-0.4, -0.2) is 48.9 Å². The fraction of sp³-hybridized carbons (Fsp3) is 0.318. The second-order valence-electron chi connectivity index (χ2n) is 7.34. The third-order valence-corrected chi connectivity index (χ3v) is 6.24. The summed E-state index contributed by atoms with van der Waals surface area (Å²) in [6.07, 6.45) is 1.47. The maximum atomic E-state index is 14.8. The third kappa shape index (κ3) is 4.27. The number of aryl methyl sites for hydroxylation is 1. The van der Waals surface area contributed by atoms with Crippen molar-refractivity contribution in [2.45, 2.75) is 13.0 Å². The van der Waals surface area contributed by atoms with Gasteiger partial charge in [0.1, 0.15) is 10.8 Å². The van der Waals surface area contributed by atoms with Crippen LogP contribution in [0.5, 0.6) is 0 Å². The van der Waals surface area contributed by atoms with Crippen molar-refractivity contribution in [2.75, 3.05) is 38.5 Å². The molecule has 0 radical (unpaired) electrons. The van der Waals surface area contributed by atoms with Crippen LogP contribution in [0.4, 0.5) is 9.39 Å². The molecule has 1 amide bonds. The number of hydrogen-bond donors (Lipinski definition) is 1. The van der Waals surface area contributed by atoms with E-state index in [4.69, 9.17) is 4.42 Å². The van der Waals surface area contributed by atoms with Gasteiger partial charge in [-0.15, -0.1) is 11.3 Å². The number of halogens is 1. The largest absolute Gasteiger partial charge is 0.459 e. The van der Waals surface area contributed by atoms with E-state index in [2.05, 4.69) is 28.2 Å². The van der Waals surface area contributed by atoms with Crippen LogP contribution in [0, 0.1) is 12.7 Å². The molecule has 1 aromatic carbocycles. The first-order valence-corrected chi connectivity index (χ1v) is 10.5. The van der Waals surface area contributed by atoms with Gasteiger partial charge in [-0.2, -0.15) is 0 Å². The fourth-order valence-corrected chi connectivity index (χ4v) is 4.69. The highest BCUT2D eigenvalue weighted by atomic mass is 32.1. The summed E-state index contributed by atoms with van der Waals surface area (Å²) in [6, 6.07) is 12.0. The van der Waals surface area contributed by atoms with E-state index in [1.165, 1.54) is 23.7 Å². The monoisotopic (exact) mass is 413 g/mol. The number of carbonyl (C=O) groups is 1. The molecule has 0 aliphatic carbocycles. The number of anilines is 1. The van der Waals surface area contributed by atoms with E-state index in [1.807, 2.05) is 19.1 Å². The lowest BCUT2D eigenvalue weighted by molar-refractivity contribution is 0.0996. The Balaban J connectivity index is 1.73. The Bertz CT molecular complexity index is 978. The molecule has 152 valence electrons. The summed E-state index contributed by atoms with van der Waals surface area (Å²) in [4.78, 5) is 18.2. The van der Waals surface area contributed by atoms with Gasteiger partial charge in [0.2, 0.25) is 0 Å². The fourth-order valence-electron chi connectivity index (χ4n) is 3.75. The number of nitrogens with zero attached hydrogens (tertiary/aromatic N) is 2. The molecular weight excluding hydrogens is 389 g/mol. The lowest BCUT2D eigenvalue weighted by Crippen LogP contribution is -2.46. The van der Waals surface area contributed by atoms with Crippen LogP contribution in [0.2, 0.25) is 0 Å². The van der Waals surface area contributed by atoms with Crippen LogP contribution in [0.3, 0.4) is 0 Å². The van der Waals surface area contributed by atoms with E-state index in [0.29, 0.717) is 5.56 Å². The Hall–Kier alpha value is -2.48. The van der Waals surface area contributed by atoms with E-state index in [0.717, 1.165) is 41.6 Å². The van der Waals surface area contributed by atoms with E-state index in [9.17, 15) is 9.18 Å². The van der Waals surface area contributed by atoms with Crippen molar-refractivity contribution in [3.63, 3.8) is 0 Å². The van der Waals surface area contributed by atoms with Crippen LogP contribution in [-0.2, 0) is 0 Å². The summed E-state index contributed by atoms with van der Waals surface area (Å²) in [6.45, 7) is 5.50. The van der Waals surface area contributed by atoms with Gasteiger partial charge < -0.3 is 14.6 Å². The van der Waals surface area contributed by atoms with E-state index < -0.39 is 0 Å². The Morgan fingerprint density at radius 3 is 2.59 bits per heavy atom. The molecule has 1 fully saturated rings. The van der Waals surface area contributed by atoms with Crippen molar-refractivity contribution in [2.24, 2.45) is 0 Å². The zero-order chi connectivity index (χ0) is 20.4. The number of benzene rings is 1. The summed E-state index contributed by atoms with van der Waals surface area (Å²) in [5.74, 6) is -0.281. The number of furan rings is 1. The highest BCUT2D eigenvalue weighted by Gasteiger charge is 2.31. The molecule has 3 heterocycles. The van der Waals surface area contributed by atoms with E-state index >= 15 is 0 Å². The van der Waals surface area contributed by atoms with E-state index in [-0.39, 0.29) is 23.5 Å². The maximum Gasteiger partial charge on any atom is 0.291 e. The minimum absolute atomic E-state index is 0.233. The Kier molecular flexibility index (Phi) is 5.80. The SMILES string of the molecule is Cc1cc([C@@H](c2ccccc2F)N2CCN(C)CC2)c(NC(=O)c2ccco2)s1. The first-order chi connectivity index (χ1) is 14.0. The van der Waals surface area contributed by atoms with Crippen molar-refractivity contribution in [3.8, 4) is 0 Å². The number of thiophene rings is 1. The first kappa shape index (κ1) is 19.8. The highest BCUT2D eigenvalue weighted by molar-refractivity contribution is 7.16. The van der Waals surface area contributed by atoms with Gasteiger partial charge in [0.15, 0.2) is 5.76 Å². The molecule has 0 spiro atoms. The van der Waals surface area contributed by atoms with Crippen molar-refractivity contribution in [1.82, 2.24) is 9.80 Å². The molecule has 3 aromatic rings. The summed E-state index contributed by atoms with van der Waals surface area (Å²) in [5.41, 5.74) is 1.55. The lowest BCUT2D eigenvalue weighted by Gasteiger charge is -2.38. The standard InChI is InChI=1S/C22H24FN3O2S/c1-15-14-17(22(29-15)24-21(27)19-8-5-13-28-19)20(16-6-3-4-7-18(16)23)26-11-9-25(2)10-12-26/h3-8,13-14,20H,9-12H2,1-2H3,(H,24,27)/t20-/m1/s1. The van der Waals surface area contributed by atoms with Gasteiger partial charge in [-0.1, -0.05) is 18.2 Å². The molecule has 1 aliphatic heterocycles. The number of rotatable bonds is 5. The molecule has 0 saturated carbocycles. The predicted octanol–water partition coefficient (Wildman–Crippen LogP) is 4.38. The van der Waals surface area contributed by atoms with Crippen LogP contribution in [0.1, 0.15) is 32.6 Å². The number of amides is 1. The van der Waals surface area contributed by atoms with Gasteiger partial charge >= 0.3 is 0 Å². The highest BCUT2D eigenvalue weighted by Crippen LogP contribution is 2.40. The zero-order valence-electron chi connectivity index (χ0n) is 16.5. The molecule has 0 unspecified atom stereocenters. The number of hydrogen-bond acceptors (Lipinski definition) is 5. The lowest BCUT2D eigenvalue weighted by atomic mass is 9.97. The molecule has 7 heteroatoms. The number of nitrogens with one attached hydrogen (secondary N) is 1. The normalized spacial score (nSPS) is 16.7. The molecule has 0 bridgehead atoms. The van der Waals surface area contributed by atoms with Crippen molar-refractivity contribution >= 4 is 22.2 Å². The Labute approximate surface area is 173 Å². The number of carbonyl (C=O) groups excluding carboxylic acids is 1. The zero-order valence-corrected chi connectivity index (χ0v) is 17.3. The van der Waals surface area contributed by atoms with Crippen LogP contribution < -0.4 is 5.32 Å². The van der Waals surface area contributed by atoms with Gasteiger partial charge in [-0.3, -0.25) is 9.69 Å². The van der Waals surface area contributed by atoms with Crippen molar-refractivity contribution in [1.29, 1.82) is 0 Å². The van der Waals surface area contributed by atoms with Crippen molar-refractivity contribution in [3.05, 3.63) is 76.3 Å². The molecule has 2 aromatic heterocycles. The van der Waals surface area contributed by atoms with Crippen LogP contribution in [0.15, 0.2) is 53.1 Å². The van der Waals surface area contributed by atoms with E-state index in [1.54, 1.807) is 18.2 Å². The second-order valence-corrected chi connectivity index (χ2v) is 8.59. The minimum atomic E-state index is -0.302. The van der Waals surface area contributed by atoms with Gasteiger partial charge in [0.25, 0.3) is 5.91 Å². The molecule has 1 aliphatic rings. The summed E-state index contributed by atoms with van der Waals surface area (Å²) in [5, 5.41) is 3.71.